The molecule has 1 N–H and O–H groups in total. The van der Waals surface area contributed by atoms with Gasteiger partial charge in [-0.1, -0.05) is 30.3 Å². The van der Waals surface area contributed by atoms with Gasteiger partial charge in [-0.2, -0.15) is 0 Å². The number of hydrogen-bond donors (Lipinski definition) is 1. The molecule has 7 nitrogen and oxygen atoms in total. The van der Waals surface area contributed by atoms with Crippen LogP contribution in [0.3, 0.4) is 0 Å². The highest BCUT2D eigenvalue weighted by Crippen LogP contribution is 2.41. The van der Waals surface area contributed by atoms with Crippen LogP contribution in [0.1, 0.15) is 35.8 Å². The largest absolute Gasteiger partial charge is 0.463 e. The number of rotatable bonds is 7. The zero-order valence-electron chi connectivity index (χ0n) is 18.1. The fourth-order valence-electron chi connectivity index (χ4n) is 5.08. The lowest BCUT2D eigenvalue weighted by molar-refractivity contribution is 0.0317. The SMILES string of the molecule is Cc1nc(-c2ccco2)cc(C2CN3CCC2CC3CNS(=O)(=O)Cc2ccccc2)n1. The lowest BCUT2D eigenvalue weighted by atomic mass is 9.74. The van der Waals surface area contributed by atoms with Crippen LogP contribution in [0.2, 0.25) is 0 Å². The van der Waals surface area contributed by atoms with Gasteiger partial charge in [-0.15, -0.1) is 0 Å². The van der Waals surface area contributed by atoms with Crippen molar-refractivity contribution in [2.45, 2.75) is 37.5 Å². The maximum atomic E-state index is 12.6. The van der Waals surface area contributed by atoms with Gasteiger partial charge in [-0.3, -0.25) is 4.90 Å². The van der Waals surface area contributed by atoms with Crippen LogP contribution in [0.25, 0.3) is 11.5 Å². The van der Waals surface area contributed by atoms with Crippen LogP contribution in [0.15, 0.2) is 59.2 Å². The van der Waals surface area contributed by atoms with Gasteiger partial charge in [-0.05, 0) is 56.0 Å². The monoisotopic (exact) mass is 452 g/mol. The molecule has 2 bridgehead atoms. The van der Waals surface area contributed by atoms with Gasteiger partial charge < -0.3 is 4.42 Å². The number of sulfonamides is 1. The van der Waals surface area contributed by atoms with Crippen LogP contribution in [0, 0.1) is 12.8 Å². The van der Waals surface area contributed by atoms with E-state index in [1.54, 1.807) is 6.26 Å². The first-order valence-electron chi connectivity index (χ1n) is 11.1. The second-order valence-electron chi connectivity index (χ2n) is 8.84. The molecule has 3 aliphatic rings. The third-order valence-electron chi connectivity index (χ3n) is 6.63. The van der Waals surface area contributed by atoms with Crippen molar-refractivity contribution in [1.29, 1.82) is 0 Å². The Morgan fingerprint density at radius 2 is 2.00 bits per heavy atom. The van der Waals surface area contributed by atoms with Gasteiger partial charge in [-0.25, -0.2) is 23.1 Å². The second-order valence-corrected chi connectivity index (χ2v) is 10.6. The first-order valence-corrected chi connectivity index (χ1v) is 12.8. The van der Waals surface area contributed by atoms with Gasteiger partial charge in [0, 0.05) is 30.7 Å². The lowest BCUT2D eigenvalue weighted by Gasteiger charge is -2.49. The van der Waals surface area contributed by atoms with Crippen LogP contribution in [0.5, 0.6) is 0 Å². The van der Waals surface area contributed by atoms with Crippen LogP contribution in [-0.2, 0) is 15.8 Å². The maximum Gasteiger partial charge on any atom is 0.215 e. The molecule has 0 radical (unpaired) electrons. The van der Waals surface area contributed by atoms with E-state index in [-0.39, 0.29) is 11.8 Å². The van der Waals surface area contributed by atoms with Crippen molar-refractivity contribution in [3.8, 4) is 11.5 Å². The summed E-state index contributed by atoms with van der Waals surface area (Å²) in [5, 5.41) is 0. The molecule has 1 aromatic carbocycles. The number of aromatic nitrogens is 2. The van der Waals surface area contributed by atoms with Gasteiger partial charge in [0.2, 0.25) is 10.0 Å². The quantitative estimate of drug-likeness (QED) is 0.592. The Morgan fingerprint density at radius 3 is 2.72 bits per heavy atom. The van der Waals surface area contributed by atoms with E-state index >= 15 is 0 Å². The predicted octanol–water partition coefficient (Wildman–Crippen LogP) is 3.34. The number of benzene rings is 1. The van der Waals surface area contributed by atoms with Crippen molar-refractivity contribution in [3.05, 3.63) is 71.9 Å². The summed E-state index contributed by atoms with van der Waals surface area (Å²) < 4.78 is 33.5. The third-order valence-corrected chi connectivity index (χ3v) is 7.95. The summed E-state index contributed by atoms with van der Waals surface area (Å²) >= 11 is 0. The van der Waals surface area contributed by atoms with E-state index in [9.17, 15) is 8.42 Å². The number of hydrogen-bond acceptors (Lipinski definition) is 6. The van der Waals surface area contributed by atoms with E-state index < -0.39 is 10.0 Å². The maximum absolute atomic E-state index is 12.6. The van der Waals surface area contributed by atoms with Crippen LogP contribution < -0.4 is 4.72 Å². The van der Waals surface area contributed by atoms with Gasteiger partial charge in [0.1, 0.15) is 11.5 Å². The molecule has 0 amide bonds. The number of aryl methyl sites for hydroxylation is 1. The molecule has 3 aliphatic heterocycles. The van der Waals surface area contributed by atoms with E-state index in [0.717, 1.165) is 54.5 Å². The Kier molecular flexibility index (Phi) is 5.84. The Bertz CT molecular complexity index is 1170. The molecule has 8 heteroatoms. The summed E-state index contributed by atoms with van der Waals surface area (Å²) in [5.41, 5.74) is 2.68. The minimum atomic E-state index is -3.36. The fraction of sp³-hybridized carbons (Fsp3) is 0.417. The molecular weight excluding hydrogens is 424 g/mol. The number of fused-ring (bicyclic) bond motifs is 3. The predicted molar refractivity (Wildman–Crippen MR) is 122 cm³/mol. The first-order chi connectivity index (χ1) is 15.5. The zero-order chi connectivity index (χ0) is 22.1. The van der Waals surface area contributed by atoms with E-state index in [0.29, 0.717) is 18.4 Å². The number of furan rings is 1. The minimum absolute atomic E-state index is 0.0163. The van der Waals surface area contributed by atoms with E-state index in [2.05, 4.69) is 20.7 Å². The third kappa shape index (κ3) is 4.62. The van der Waals surface area contributed by atoms with Crippen molar-refractivity contribution < 1.29 is 12.8 Å². The number of nitrogens with one attached hydrogen (secondary N) is 1. The lowest BCUT2D eigenvalue weighted by Crippen LogP contribution is -2.56. The number of nitrogens with zero attached hydrogens (tertiary/aromatic N) is 3. The van der Waals surface area contributed by atoms with Crippen molar-refractivity contribution in [2.75, 3.05) is 19.6 Å². The molecule has 0 aliphatic carbocycles. The topological polar surface area (TPSA) is 88.3 Å². The minimum Gasteiger partial charge on any atom is -0.463 e. The van der Waals surface area contributed by atoms with Crippen LogP contribution in [0.4, 0.5) is 0 Å². The Labute approximate surface area is 188 Å². The summed E-state index contributed by atoms with van der Waals surface area (Å²) in [6.07, 6.45) is 3.74. The molecule has 6 rings (SSSR count). The van der Waals surface area contributed by atoms with Crippen LogP contribution >= 0.6 is 0 Å². The van der Waals surface area contributed by atoms with Crippen molar-refractivity contribution in [2.24, 2.45) is 5.92 Å². The molecule has 3 fully saturated rings. The van der Waals surface area contributed by atoms with E-state index in [1.807, 2.05) is 49.4 Å². The average molecular weight is 453 g/mol. The summed E-state index contributed by atoms with van der Waals surface area (Å²) in [6, 6.07) is 15.4. The molecule has 0 spiro atoms. The summed E-state index contributed by atoms with van der Waals surface area (Å²) in [6.45, 7) is 4.27. The molecule has 2 aromatic heterocycles. The van der Waals surface area contributed by atoms with Crippen molar-refractivity contribution in [1.82, 2.24) is 19.6 Å². The summed E-state index contributed by atoms with van der Waals surface area (Å²) in [7, 11) is -3.36. The molecule has 168 valence electrons. The molecule has 4 unspecified atom stereocenters. The van der Waals surface area contributed by atoms with Gasteiger partial charge in [0.15, 0.2) is 5.76 Å². The molecule has 3 aromatic rings. The highest BCUT2D eigenvalue weighted by Gasteiger charge is 2.41. The highest BCUT2D eigenvalue weighted by molar-refractivity contribution is 7.88. The van der Waals surface area contributed by atoms with Crippen molar-refractivity contribution >= 4 is 10.0 Å². The smallest absolute Gasteiger partial charge is 0.215 e. The Morgan fingerprint density at radius 1 is 1.16 bits per heavy atom. The number of piperidine rings is 3. The average Bonchev–Trinajstić information content (AvgIpc) is 3.33. The van der Waals surface area contributed by atoms with E-state index in [4.69, 9.17) is 9.40 Å². The molecule has 0 saturated carbocycles. The molecular formula is C24H28N4O3S. The standard InChI is InChI=1S/C24H28N4O3S/c1-17-26-22(13-23(27-17)24-8-5-11-31-24)21-15-28-10-9-19(21)12-20(28)14-25-32(29,30)16-18-6-3-2-4-7-18/h2-8,11,13,19-21,25H,9-10,12,14-16H2,1H3. The first kappa shape index (κ1) is 21.3. The normalized spacial score (nSPS) is 25.2. The fourth-order valence-corrected chi connectivity index (χ4v) is 6.26. The molecule has 4 atom stereocenters. The highest BCUT2D eigenvalue weighted by atomic mass is 32.2. The molecule has 5 heterocycles. The van der Waals surface area contributed by atoms with E-state index in [1.165, 1.54) is 0 Å². The molecule has 32 heavy (non-hydrogen) atoms. The van der Waals surface area contributed by atoms with Gasteiger partial charge >= 0.3 is 0 Å². The second kappa shape index (κ2) is 8.77. The Balaban J connectivity index is 1.25. The van der Waals surface area contributed by atoms with Crippen LogP contribution in [-0.4, -0.2) is 49.0 Å². The van der Waals surface area contributed by atoms with Gasteiger partial charge in [0.05, 0.1) is 12.0 Å². The zero-order valence-corrected chi connectivity index (χ0v) is 19.0. The van der Waals surface area contributed by atoms with Gasteiger partial charge in [0.25, 0.3) is 0 Å². The Hall–Kier alpha value is -2.55. The molecule has 3 saturated heterocycles. The summed E-state index contributed by atoms with van der Waals surface area (Å²) in [5.74, 6) is 2.33. The summed E-state index contributed by atoms with van der Waals surface area (Å²) in [4.78, 5) is 11.7. The van der Waals surface area contributed by atoms with Crippen molar-refractivity contribution in [3.63, 3.8) is 0 Å².